The van der Waals surface area contributed by atoms with Gasteiger partial charge in [-0.2, -0.15) is 0 Å². The van der Waals surface area contributed by atoms with Crippen molar-refractivity contribution in [3.63, 3.8) is 0 Å². The van der Waals surface area contributed by atoms with E-state index in [2.05, 4.69) is 98.0 Å². The van der Waals surface area contributed by atoms with Crippen molar-refractivity contribution < 1.29 is 0 Å². The fourth-order valence-corrected chi connectivity index (χ4v) is 4.34. The van der Waals surface area contributed by atoms with Crippen LogP contribution in [0.1, 0.15) is 40.9 Å². The third-order valence-corrected chi connectivity index (χ3v) is 5.39. The van der Waals surface area contributed by atoms with E-state index < -0.39 is 0 Å². The molecule has 2 rings (SSSR count). The monoisotopic (exact) mass is 458 g/mol. The summed E-state index contributed by atoms with van der Waals surface area (Å²) < 4.78 is 2.19. The first kappa shape index (κ1) is 16.3. The van der Waals surface area contributed by atoms with Crippen LogP contribution in [0.2, 0.25) is 0 Å². The van der Waals surface area contributed by atoms with Crippen molar-refractivity contribution in [3.05, 3.63) is 67.6 Å². The molecule has 0 amide bonds. The van der Waals surface area contributed by atoms with Crippen molar-refractivity contribution in [3.8, 4) is 0 Å². The van der Waals surface area contributed by atoms with E-state index in [0.29, 0.717) is 0 Å². The zero-order valence-corrected chi connectivity index (χ0v) is 16.3. The predicted molar refractivity (Wildman–Crippen MR) is 97.8 cm³/mol. The molecule has 0 aromatic heterocycles. The van der Waals surface area contributed by atoms with Gasteiger partial charge in [-0.3, -0.25) is 0 Å². The lowest BCUT2D eigenvalue weighted by Crippen LogP contribution is -2.00. The highest BCUT2D eigenvalue weighted by molar-refractivity contribution is 9.11. The van der Waals surface area contributed by atoms with Crippen molar-refractivity contribution in [1.29, 1.82) is 0 Å². The van der Waals surface area contributed by atoms with E-state index >= 15 is 0 Å². The maximum Gasteiger partial charge on any atom is 0.0648 e. The molecule has 3 heteroatoms. The molecule has 0 fully saturated rings. The Balaban J connectivity index is 2.48. The van der Waals surface area contributed by atoms with E-state index in [1.807, 2.05) is 0 Å². The summed E-state index contributed by atoms with van der Waals surface area (Å²) in [5.74, 6) is 0. The SMILES string of the molecule is CCc1ccc(CC)c(C(Br)c2cc(Br)cc(Br)c2)c1. The molecule has 2 aromatic rings. The summed E-state index contributed by atoms with van der Waals surface area (Å²) in [6.07, 6.45) is 2.12. The first-order chi connectivity index (χ1) is 9.55. The second kappa shape index (κ2) is 7.24. The zero-order chi connectivity index (χ0) is 14.7. The summed E-state index contributed by atoms with van der Waals surface area (Å²) in [6, 6.07) is 13.2. The molecular weight excluding hydrogens is 444 g/mol. The molecule has 0 radical (unpaired) electrons. The van der Waals surface area contributed by atoms with Crippen LogP contribution in [0.5, 0.6) is 0 Å². The van der Waals surface area contributed by atoms with Crippen LogP contribution in [0.4, 0.5) is 0 Å². The highest BCUT2D eigenvalue weighted by Crippen LogP contribution is 2.36. The molecule has 2 aromatic carbocycles. The summed E-state index contributed by atoms with van der Waals surface area (Å²) in [7, 11) is 0. The standard InChI is InChI=1S/C17H17Br3/c1-3-11-5-6-12(4-2)16(7-11)17(20)13-8-14(18)10-15(19)9-13/h5-10,17H,3-4H2,1-2H3. The van der Waals surface area contributed by atoms with Gasteiger partial charge >= 0.3 is 0 Å². The van der Waals surface area contributed by atoms with Crippen molar-refractivity contribution in [2.75, 3.05) is 0 Å². The fraction of sp³-hybridized carbons (Fsp3) is 0.294. The minimum absolute atomic E-state index is 0.220. The summed E-state index contributed by atoms with van der Waals surface area (Å²) in [6.45, 7) is 4.41. The van der Waals surface area contributed by atoms with E-state index in [0.717, 1.165) is 21.8 Å². The topological polar surface area (TPSA) is 0 Å². The second-order valence-electron chi connectivity index (χ2n) is 4.81. The van der Waals surface area contributed by atoms with Gasteiger partial charge in [-0.15, -0.1) is 0 Å². The average Bonchev–Trinajstić information content (AvgIpc) is 2.44. The van der Waals surface area contributed by atoms with Gasteiger partial charge < -0.3 is 0 Å². The number of halogens is 3. The Bertz CT molecular complexity index is 585. The Kier molecular flexibility index (Phi) is 5.88. The Morgan fingerprint density at radius 3 is 2.10 bits per heavy atom. The number of hydrogen-bond acceptors (Lipinski definition) is 0. The lowest BCUT2D eigenvalue weighted by Gasteiger charge is -2.17. The number of alkyl halides is 1. The molecule has 1 unspecified atom stereocenters. The normalized spacial score (nSPS) is 12.4. The van der Waals surface area contributed by atoms with Crippen molar-refractivity contribution in [2.45, 2.75) is 31.5 Å². The van der Waals surface area contributed by atoms with Gasteiger partial charge in [0.05, 0.1) is 4.83 Å². The number of hydrogen-bond donors (Lipinski definition) is 0. The van der Waals surface area contributed by atoms with Crippen LogP contribution >= 0.6 is 47.8 Å². The van der Waals surface area contributed by atoms with Gasteiger partial charge in [0.1, 0.15) is 0 Å². The van der Waals surface area contributed by atoms with Gasteiger partial charge in [-0.05, 0) is 53.3 Å². The molecule has 0 saturated carbocycles. The second-order valence-corrected chi connectivity index (χ2v) is 7.55. The molecule has 0 heterocycles. The third-order valence-electron chi connectivity index (χ3n) is 3.45. The molecule has 106 valence electrons. The van der Waals surface area contributed by atoms with Gasteiger partial charge in [-0.1, -0.05) is 79.8 Å². The molecule has 0 aliphatic heterocycles. The largest absolute Gasteiger partial charge is 0.0786 e. The lowest BCUT2D eigenvalue weighted by molar-refractivity contribution is 1.03. The van der Waals surface area contributed by atoms with Gasteiger partial charge in [0, 0.05) is 8.95 Å². The molecule has 0 aliphatic carbocycles. The molecule has 0 bridgehead atoms. The van der Waals surface area contributed by atoms with Gasteiger partial charge in [0.2, 0.25) is 0 Å². The summed E-state index contributed by atoms with van der Waals surface area (Å²) in [4.78, 5) is 0.220. The van der Waals surface area contributed by atoms with E-state index in [9.17, 15) is 0 Å². The maximum atomic E-state index is 3.88. The lowest BCUT2D eigenvalue weighted by atomic mass is 9.95. The van der Waals surface area contributed by atoms with Crippen molar-refractivity contribution in [1.82, 2.24) is 0 Å². The molecule has 0 N–H and O–H groups in total. The quantitative estimate of drug-likeness (QED) is 0.439. The Hall–Kier alpha value is -0.120. The summed E-state index contributed by atoms with van der Waals surface area (Å²) in [5.41, 5.74) is 5.42. The van der Waals surface area contributed by atoms with E-state index in [4.69, 9.17) is 0 Å². The highest BCUT2D eigenvalue weighted by Gasteiger charge is 2.15. The number of aryl methyl sites for hydroxylation is 2. The predicted octanol–water partition coefficient (Wildman–Crippen LogP) is 6.82. The van der Waals surface area contributed by atoms with Crippen LogP contribution in [-0.2, 0) is 12.8 Å². The van der Waals surface area contributed by atoms with Crippen LogP contribution in [0.25, 0.3) is 0 Å². The van der Waals surface area contributed by atoms with Crippen LogP contribution in [0, 0.1) is 0 Å². The highest BCUT2D eigenvalue weighted by atomic mass is 79.9. The molecule has 0 aliphatic rings. The van der Waals surface area contributed by atoms with E-state index in [1.54, 1.807) is 0 Å². The molecular formula is C17H17Br3. The number of benzene rings is 2. The fourth-order valence-electron chi connectivity index (χ4n) is 2.32. The van der Waals surface area contributed by atoms with Crippen LogP contribution in [0.3, 0.4) is 0 Å². The molecule has 0 nitrogen and oxygen atoms in total. The summed E-state index contributed by atoms with van der Waals surface area (Å²) >= 11 is 11.0. The molecule has 0 saturated heterocycles. The molecule has 1 atom stereocenters. The van der Waals surface area contributed by atoms with E-state index in [-0.39, 0.29) is 4.83 Å². The average molecular weight is 461 g/mol. The molecule has 0 spiro atoms. The first-order valence-electron chi connectivity index (χ1n) is 6.76. The molecule has 20 heavy (non-hydrogen) atoms. The smallest absolute Gasteiger partial charge is 0.0648 e. The zero-order valence-electron chi connectivity index (χ0n) is 11.6. The Morgan fingerprint density at radius 2 is 1.55 bits per heavy atom. The summed E-state index contributed by atoms with van der Waals surface area (Å²) in [5, 5.41) is 0. The minimum Gasteiger partial charge on any atom is -0.0786 e. The van der Waals surface area contributed by atoms with Crippen molar-refractivity contribution >= 4 is 47.8 Å². The first-order valence-corrected chi connectivity index (χ1v) is 9.27. The van der Waals surface area contributed by atoms with Crippen molar-refractivity contribution in [2.24, 2.45) is 0 Å². The van der Waals surface area contributed by atoms with Gasteiger partial charge in [-0.25, -0.2) is 0 Å². The maximum absolute atomic E-state index is 3.88. The Labute approximate surface area is 146 Å². The third kappa shape index (κ3) is 3.75. The number of rotatable bonds is 4. The minimum atomic E-state index is 0.220. The van der Waals surface area contributed by atoms with Crippen LogP contribution in [0.15, 0.2) is 45.3 Å². The van der Waals surface area contributed by atoms with Crippen LogP contribution in [-0.4, -0.2) is 0 Å². The Morgan fingerprint density at radius 1 is 0.900 bits per heavy atom. The van der Waals surface area contributed by atoms with Gasteiger partial charge in [0.25, 0.3) is 0 Å². The van der Waals surface area contributed by atoms with Gasteiger partial charge in [0.15, 0.2) is 0 Å². The van der Waals surface area contributed by atoms with Crippen LogP contribution < -0.4 is 0 Å². The van der Waals surface area contributed by atoms with E-state index in [1.165, 1.54) is 22.3 Å².